The number of nitrogens with one attached hydrogen (secondary N) is 1. The molecule has 1 saturated carbocycles. The molecule has 5 nitrogen and oxygen atoms in total. The molecular weight excluding hydrogens is 280 g/mol. The molecule has 1 amide bonds. The molecule has 2 unspecified atom stereocenters. The Bertz CT molecular complexity index is 330. The number of amides is 1. The standard InChI is InChI=1S/C14H26N2O3.ClH/c1-3-6-13(2,15)12(17)16-9-11-10-18-14(19-11)7-4-5-8-14;/h11H,3-10,15H2,1-2H3,(H,16,17);1H. The van der Waals surface area contributed by atoms with Crippen molar-refractivity contribution in [2.24, 2.45) is 5.73 Å². The van der Waals surface area contributed by atoms with E-state index >= 15 is 0 Å². The minimum atomic E-state index is -0.792. The summed E-state index contributed by atoms with van der Waals surface area (Å²) in [5.74, 6) is -0.463. The van der Waals surface area contributed by atoms with Gasteiger partial charge in [-0.15, -0.1) is 12.4 Å². The molecule has 2 fully saturated rings. The van der Waals surface area contributed by atoms with Crippen LogP contribution in [0, 0.1) is 0 Å². The van der Waals surface area contributed by atoms with Crippen molar-refractivity contribution in [2.75, 3.05) is 13.2 Å². The second kappa shape index (κ2) is 7.07. The number of ether oxygens (including phenoxy) is 2. The molecule has 1 aliphatic carbocycles. The zero-order chi connectivity index (χ0) is 13.9. The lowest BCUT2D eigenvalue weighted by Gasteiger charge is -2.24. The molecule has 0 bridgehead atoms. The average Bonchev–Trinajstić information content (AvgIpc) is 2.97. The summed E-state index contributed by atoms with van der Waals surface area (Å²) in [6, 6.07) is 0. The molecule has 3 N–H and O–H groups in total. The van der Waals surface area contributed by atoms with E-state index in [2.05, 4.69) is 5.32 Å². The summed E-state index contributed by atoms with van der Waals surface area (Å²) >= 11 is 0. The van der Waals surface area contributed by atoms with Crippen LogP contribution in [-0.2, 0) is 14.3 Å². The molecule has 1 heterocycles. The summed E-state index contributed by atoms with van der Waals surface area (Å²) in [5, 5.41) is 2.89. The summed E-state index contributed by atoms with van der Waals surface area (Å²) in [4.78, 5) is 12.0. The first-order valence-corrected chi connectivity index (χ1v) is 7.36. The number of carbonyl (C=O) groups excluding carboxylic acids is 1. The Morgan fingerprint density at radius 3 is 2.70 bits per heavy atom. The molecule has 2 atom stereocenters. The second-order valence-corrected chi connectivity index (χ2v) is 6.05. The van der Waals surface area contributed by atoms with Gasteiger partial charge in [0.05, 0.1) is 12.1 Å². The highest BCUT2D eigenvalue weighted by Gasteiger charge is 2.43. The van der Waals surface area contributed by atoms with E-state index < -0.39 is 5.54 Å². The van der Waals surface area contributed by atoms with Crippen LogP contribution in [0.4, 0.5) is 0 Å². The fourth-order valence-electron chi connectivity index (χ4n) is 2.93. The van der Waals surface area contributed by atoms with Crippen molar-refractivity contribution in [3.05, 3.63) is 0 Å². The first-order valence-electron chi connectivity index (χ1n) is 7.36. The number of hydrogen-bond acceptors (Lipinski definition) is 4. The Hall–Kier alpha value is -0.360. The number of hydrogen-bond donors (Lipinski definition) is 2. The molecular formula is C14H27ClN2O3. The van der Waals surface area contributed by atoms with Gasteiger partial charge in [0.15, 0.2) is 5.79 Å². The smallest absolute Gasteiger partial charge is 0.239 e. The largest absolute Gasteiger partial charge is 0.352 e. The van der Waals surface area contributed by atoms with Crippen LogP contribution in [0.1, 0.15) is 52.4 Å². The lowest BCUT2D eigenvalue weighted by molar-refractivity contribution is -0.161. The summed E-state index contributed by atoms with van der Waals surface area (Å²) in [6.45, 7) is 4.85. The van der Waals surface area contributed by atoms with Gasteiger partial charge in [-0.25, -0.2) is 0 Å². The quantitative estimate of drug-likeness (QED) is 0.811. The maximum absolute atomic E-state index is 12.0. The Labute approximate surface area is 127 Å². The van der Waals surface area contributed by atoms with E-state index in [-0.39, 0.29) is 30.2 Å². The van der Waals surface area contributed by atoms with Crippen LogP contribution in [0.15, 0.2) is 0 Å². The van der Waals surface area contributed by atoms with Crippen molar-refractivity contribution in [3.8, 4) is 0 Å². The molecule has 20 heavy (non-hydrogen) atoms. The van der Waals surface area contributed by atoms with Crippen molar-refractivity contribution in [1.82, 2.24) is 5.32 Å². The maximum Gasteiger partial charge on any atom is 0.239 e. The van der Waals surface area contributed by atoms with Crippen LogP contribution < -0.4 is 11.1 Å². The van der Waals surface area contributed by atoms with E-state index in [4.69, 9.17) is 15.2 Å². The molecule has 2 aliphatic rings. The number of nitrogens with two attached hydrogens (primary N) is 1. The Morgan fingerprint density at radius 2 is 2.10 bits per heavy atom. The predicted molar refractivity (Wildman–Crippen MR) is 79.8 cm³/mol. The SMILES string of the molecule is CCCC(C)(N)C(=O)NCC1COC2(CCCC2)O1.Cl. The lowest BCUT2D eigenvalue weighted by Crippen LogP contribution is -2.53. The molecule has 0 radical (unpaired) electrons. The van der Waals surface area contributed by atoms with Gasteiger partial charge in [-0.1, -0.05) is 13.3 Å². The van der Waals surface area contributed by atoms with E-state index in [9.17, 15) is 4.79 Å². The molecule has 0 aromatic heterocycles. The van der Waals surface area contributed by atoms with E-state index in [0.29, 0.717) is 19.6 Å². The predicted octanol–water partition coefficient (Wildman–Crippen LogP) is 1.73. The van der Waals surface area contributed by atoms with E-state index in [1.807, 2.05) is 6.92 Å². The number of halogens is 1. The fraction of sp³-hybridized carbons (Fsp3) is 0.929. The minimum absolute atomic E-state index is 0. The number of rotatable bonds is 5. The third-order valence-electron chi connectivity index (χ3n) is 4.06. The lowest BCUT2D eigenvalue weighted by atomic mass is 9.96. The van der Waals surface area contributed by atoms with Crippen molar-refractivity contribution in [1.29, 1.82) is 0 Å². The van der Waals surface area contributed by atoms with Crippen LogP contribution in [0.3, 0.4) is 0 Å². The summed E-state index contributed by atoms with van der Waals surface area (Å²) in [7, 11) is 0. The highest BCUT2D eigenvalue weighted by molar-refractivity contribution is 5.85. The molecule has 0 aromatic carbocycles. The topological polar surface area (TPSA) is 73.6 Å². The van der Waals surface area contributed by atoms with Crippen molar-refractivity contribution >= 4 is 18.3 Å². The van der Waals surface area contributed by atoms with Crippen LogP contribution in [0.2, 0.25) is 0 Å². The van der Waals surface area contributed by atoms with Gasteiger partial charge in [-0.2, -0.15) is 0 Å². The molecule has 0 aromatic rings. The molecule has 1 aliphatic heterocycles. The van der Waals surface area contributed by atoms with E-state index in [1.165, 1.54) is 0 Å². The first-order chi connectivity index (χ1) is 8.97. The second-order valence-electron chi connectivity index (χ2n) is 6.05. The van der Waals surface area contributed by atoms with Gasteiger partial charge < -0.3 is 20.5 Å². The molecule has 118 valence electrons. The molecule has 6 heteroatoms. The monoisotopic (exact) mass is 306 g/mol. The Balaban J connectivity index is 0.00000200. The summed E-state index contributed by atoms with van der Waals surface area (Å²) in [6.07, 6.45) is 5.81. The van der Waals surface area contributed by atoms with Gasteiger partial charge in [0, 0.05) is 19.4 Å². The fourth-order valence-corrected chi connectivity index (χ4v) is 2.93. The molecule has 1 saturated heterocycles. The van der Waals surface area contributed by atoms with Gasteiger partial charge in [-0.05, 0) is 26.2 Å². The van der Waals surface area contributed by atoms with Crippen LogP contribution in [0.5, 0.6) is 0 Å². The minimum Gasteiger partial charge on any atom is -0.352 e. The third-order valence-corrected chi connectivity index (χ3v) is 4.06. The Kier molecular flexibility index (Phi) is 6.25. The average molecular weight is 307 g/mol. The highest BCUT2D eigenvalue weighted by Crippen LogP contribution is 2.38. The van der Waals surface area contributed by atoms with Gasteiger partial charge in [0.25, 0.3) is 0 Å². The highest BCUT2D eigenvalue weighted by atomic mass is 35.5. The zero-order valence-electron chi connectivity index (χ0n) is 12.4. The van der Waals surface area contributed by atoms with Gasteiger partial charge in [-0.3, -0.25) is 4.79 Å². The van der Waals surface area contributed by atoms with Crippen LogP contribution >= 0.6 is 12.4 Å². The van der Waals surface area contributed by atoms with Gasteiger partial charge in [0.1, 0.15) is 6.10 Å². The van der Waals surface area contributed by atoms with Crippen molar-refractivity contribution in [3.63, 3.8) is 0 Å². The molecule has 2 rings (SSSR count). The van der Waals surface area contributed by atoms with Crippen molar-refractivity contribution < 1.29 is 14.3 Å². The van der Waals surface area contributed by atoms with Crippen LogP contribution in [0.25, 0.3) is 0 Å². The van der Waals surface area contributed by atoms with Crippen LogP contribution in [-0.4, -0.2) is 36.5 Å². The van der Waals surface area contributed by atoms with Gasteiger partial charge >= 0.3 is 0 Å². The van der Waals surface area contributed by atoms with E-state index in [0.717, 1.165) is 32.1 Å². The first kappa shape index (κ1) is 17.7. The maximum atomic E-state index is 12.0. The summed E-state index contributed by atoms with van der Waals surface area (Å²) in [5.41, 5.74) is 5.19. The molecule has 1 spiro atoms. The van der Waals surface area contributed by atoms with Crippen molar-refractivity contribution in [2.45, 2.75) is 69.8 Å². The number of carbonyl (C=O) groups is 1. The summed E-state index contributed by atoms with van der Waals surface area (Å²) < 4.78 is 11.7. The zero-order valence-corrected chi connectivity index (χ0v) is 13.3. The van der Waals surface area contributed by atoms with E-state index in [1.54, 1.807) is 6.92 Å². The normalized spacial score (nSPS) is 27.1. The third kappa shape index (κ3) is 4.07. The van der Waals surface area contributed by atoms with Gasteiger partial charge in [0.2, 0.25) is 5.91 Å². The Morgan fingerprint density at radius 1 is 1.45 bits per heavy atom.